The van der Waals surface area contributed by atoms with Gasteiger partial charge in [-0.05, 0) is 24.3 Å². The zero-order valence-corrected chi connectivity index (χ0v) is 24.1. The predicted octanol–water partition coefficient (Wildman–Crippen LogP) is 0.383. The lowest BCUT2D eigenvalue weighted by atomic mass is 10.3. The largest absolute Gasteiger partial charge is 0.397 e. The fourth-order valence-electron chi connectivity index (χ4n) is 4.42. The minimum absolute atomic E-state index is 0.0633. The quantitative estimate of drug-likeness (QED) is 0.0780. The maximum atomic E-state index is 13.0. The Morgan fingerprint density at radius 1 is 0.628 bits per heavy atom. The van der Waals surface area contributed by atoms with Crippen molar-refractivity contribution in [1.29, 1.82) is 0 Å². The van der Waals surface area contributed by atoms with Crippen LogP contribution in [-0.2, 0) is 28.2 Å². The molecule has 0 atom stereocenters. The van der Waals surface area contributed by atoms with Gasteiger partial charge >= 0.3 is 0 Å². The average molecular weight is 591 g/mol. The van der Waals surface area contributed by atoms with Crippen LogP contribution in [-0.4, -0.2) is 60.9 Å². The summed E-state index contributed by atoms with van der Waals surface area (Å²) < 4.78 is 6.32. The molecule has 4 heterocycles. The molecule has 0 radical (unpaired) electrons. The van der Waals surface area contributed by atoms with Crippen LogP contribution in [0.1, 0.15) is 42.0 Å². The lowest BCUT2D eigenvalue weighted by Crippen LogP contribution is -2.29. The lowest BCUT2D eigenvalue weighted by molar-refractivity contribution is 0.0944. The number of nitrogens with zero attached hydrogens (tertiary/aromatic N) is 5. The number of guanidine groups is 1. The molecule has 10 N–H and O–H groups in total. The Hall–Kier alpha value is -5.93. The highest BCUT2D eigenvalue weighted by Crippen LogP contribution is 2.20. The molecule has 0 bridgehead atoms. The highest BCUT2D eigenvalue weighted by Gasteiger charge is 2.19. The number of aromatic nitrogens is 4. The molecule has 0 aliphatic carbocycles. The zero-order chi connectivity index (χ0) is 31.4. The molecule has 4 amide bonds. The fourth-order valence-corrected chi connectivity index (χ4v) is 4.42. The molecule has 0 saturated carbocycles. The van der Waals surface area contributed by atoms with Gasteiger partial charge in [-0.2, -0.15) is 0 Å². The van der Waals surface area contributed by atoms with Crippen molar-refractivity contribution in [3.8, 4) is 0 Å². The summed E-state index contributed by atoms with van der Waals surface area (Å²) in [5.41, 5.74) is 19.2. The minimum atomic E-state index is -0.446. The smallest absolute Gasteiger partial charge is 0.272 e. The Morgan fingerprint density at radius 2 is 1.00 bits per heavy atom. The zero-order valence-electron chi connectivity index (χ0n) is 24.1. The van der Waals surface area contributed by atoms with E-state index in [0.717, 1.165) is 0 Å². The van der Waals surface area contributed by atoms with Crippen LogP contribution in [0.2, 0.25) is 0 Å². The Bertz CT molecular complexity index is 1730. The van der Waals surface area contributed by atoms with Gasteiger partial charge in [0.05, 0.1) is 29.3 Å². The molecule has 0 aliphatic heterocycles. The number of hydrogen-bond donors (Lipinski definition) is 7. The number of rotatable bonds is 10. The third-order valence-electron chi connectivity index (χ3n) is 6.44. The number of amides is 4. The van der Waals surface area contributed by atoms with Crippen LogP contribution < -0.4 is 38.5 Å². The van der Waals surface area contributed by atoms with Crippen LogP contribution in [0.3, 0.4) is 0 Å². The molecular formula is C27H34N12O4. The molecule has 4 aromatic rings. The van der Waals surface area contributed by atoms with Crippen LogP contribution >= 0.6 is 0 Å². The third kappa shape index (κ3) is 7.05. The van der Waals surface area contributed by atoms with E-state index in [9.17, 15) is 19.2 Å². The number of carbonyl (C=O) groups excluding carboxylic acids is 4. The van der Waals surface area contributed by atoms with E-state index < -0.39 is 11.8 Å². The number of anilines is 4. The van der Waals surface area contributed by atoms with Gasteiger partial charge < -0.3 is 56.7 Å². The molecule has 0 saturated heterocycles. The molecule has 43 heavy (non-hydrogen) atoms. The first-order valence-electron chi connectivity index (χ1n) is 13.0. The van der Waals surface area contributed by atoms with E-state index in [4.69, 9.17) is 17.2 Å². The molecule has 226 valence electrons. The number of carbonyl (C=O) groups is 4. The second-order valence-electron chi connectivity index (χ2n) is 9.87. The second kappa shape index (κ2) is 12.3. The van der Waals surface area contributed by atoms with Crippen LogP contribution in [0.25, 0.3) is 0 Å². The molecule has 0 unspecified atom stereocenters. The highest BCUT2D eigenvalue weighted by atomic mass is 16.2. The molecule has 0 aromatic carbocycles. The lowest BCUT2D eigenvalue weighted by Gasteiger charge is -2.04. The van der Waals surface area contributed by atoms with Crippen molar-refractivity contribution in [3.63, 3.8) is 0 Å². The van der Waals surface area contributed by atoms with Crippen molar-refractivity contribution in [2.24, 2.45) is 44.7 Å². The predicted molar refractivity (Wildman–Crippen MR) is 163 cm³/mol. The number of hydrogen-bond acceptors (Lipinski definition) is 6. The van der Waals surface area contributed by atoms with E-state index in [1.54, 1.807) is 83.4 Å². The van der Waals surface area contributed by atoms with Crippen molar-refractivity contribution in [1.82, 2.24) is 23.6 Å². The average Bonchev–Trinajstić information content (AvgIpc) is 3.67. The highest BCUT2D eigenvalue weighted by molar-refractivity contribution is 6.08. The van der Waals surface area contributed by atoms with E-state index in [1.165, 1.54) is 12.1 Å². The molecule has 4 aromatic heterocycles. The van der Waals surface area contributed by atoms with Gasteiger partial charge in [-0.1, -0.05) is 0 Å². The van der Waals surface area contributed by atoms with Gasteiger partial charge in [0, 0.05) is 59.5 Å². The Morgan fingerprint density at radius 3 is 1.37 bits per heavy atom. The maximum absolute atomic E-state index is 13.0. The van der Waals surface area contributed by atoms with Crippen molar-refractivity contribution < 1.29 is 19.2 Å². The molecule has 16 heteroatoms. The summed E-state index contributed by atoms with van der Waals surface area (Å²) in [4.78, 5) is 55.0. The van der Waals surface area contributed by atoms with E-state index in [0.29, 0.717) is 34.1 Å². The summed E-state index contributed by atoms with van der Waals surface area (Å²) in [5.74, 6) is -1.68. The van der Waals surface area contributed by atoms with Crippen LogP contribution in [0.15, 0.2) is 54.0 Å². The number of aryl methyl sites for hydroxylation is 4. The number of aliphatic imine (C=N–C) groups is 1. The van der Waals surface area contributed by atoms with E-state index >= 15 is 0 Å². The summed E-state index contributed by atoms with van der Waals surface area (Å²) in [6.07, 6.45) is 6.44. The van der Waals surface area contributed by atoms with Crippen molar-refractivity contribution in [2.75, 3.05) is 34.8 Å². The first-order chi connectivity index (χ1) is 20.3. The molecule has 16 nitrogen and oxygen atoms in total. The first kappa shape index (κ1) is 30.0. The van der Waals surface area contributed by atoms with Crippen LogP contribution in [0.5, 0.6) is 0 Å². The minimum Gasteiger partial charge on any atom is -0.397 e. The van der Waals surface area contributed by atoms with Crippen molar-refractivity contribution in [2.45, 2.75) is 0 Å². The third-order valence-corrected chi connectivity index (χ3v) is 6.44. The van der Waals surface area contributed by atoms with Gasteiger partial charge in [-0.25, -0.2) is 0 Å². The fraction of sp³-hybridized carbons (Fsp3) is 0.222. The van der Waals surface area contributed by atoms with Gasteiger partial charge in [-0.3, -0.25) is 24.2 Å². The van der Waals surface area contributed by atoms with Crippen LogP contribution in [0, 0.1) is 0 Å². The number of nitrogen functional groups attached to an aromatic ring is 1. The number of nitrogens with one attached hydrogen (secondary N) is 4. The topological polar surface area (TPSA) is 227 Å². The molecule has 0 spiro atoms. The molecule has 0 fully saturated rings. The summed E-state index contributed by atoms with van der Waals surface area (Å²) in [6.45, 7) is 0.476. The summed E-state index contributed by atoms with van der Waals surface area (Å²) in [6, 6.07) is 6.17. The van der Waals surface area contributed by atoms with Crippen molar-refractivity contribution in [3.05, 3.63) is 71.8 Å². The van der Waals surface area contributed by atoms with Crippen molar-refractivity contribution >= 4 is 52.3 Å². The van der Waals surface area contributed by atoms with Gasteiger partial charge in [0.15, 0.2) is 5.96 Å². The van der Waals surface area contributed by atoms with Gasteiger partial charge in [0.1, 0.15) is 22.8 Å². The first-order valence-corrected chi connectivity index (χ1v) is 13.0. The summed E-state index contributed by atoms with van der Waals surface area (Å²) >= 11 is 0. The monoisotopic (exact) mass is 590 g/mol. The Labute approximate surface area is 246 Å². The van der Waals surface area contributed by atoms with Gasteiger partial charge in [-0.15, -0.1) is 0 Å². The number of nitrogens with two attached hydrogens (primary N) is 3. The maximum Gasteiger partial charge on any atom is 0.272 e. The van der Waals surface area contributed by atoms with Gasteiger partial charge in [0.2, 0.25) is 0 Å². The van der Waals surface area contributed by atoms with Crippen LogP contribution in [0.4, 0.5) is 22.7 Å². The van der Waals surface area contributed by atoms with E-state index in [-0.39, 0.29) is 42.3 Å². The molecule has 4 rings (SSSR count). The Balaban J connectivity index is 1.38. The molecule has 0 aliphatic rings. The Kier molecular flexibility index (Phi) is 8.59. The van der Waals surface area contributed by atoms with E-state index in [2.05, 4.69) is 26.3 Å². The summed E-state index contributed by atoms with van der Waals surface area (Å²) in [5, 5.41) is 11.0. The SMILES string of the molecule is Cn1cc(NC(=O)c2cc(NC(=O)c3cc(NC(=O)c4cc(N)cn4C)cn3C)cn2C)cc1C(=O)NCCN=C(N)N. The van der Waals surface area contributed by atoms with E-state index in [1.807, 2.05) is 0 Å². The normalized spacial score (nSPS) is 10.7. The molecular weight excluding hydrogens is 556 g/mol. The van der Waals surface area contributed by atoms with Gasteiger partial charge in [0.25, 0.3) is 23.6 Å². The standard InChI is InChI=1S/C27H34N12O4/c1-36-11-15(28)7-19(36)24(41)33-17-9-21(38(3)13-17)26(43)35-18-10-22(39(4)14-18)25(42)34-16-8-20(37(2)12-16)23(40)31-5-6-32-27(29)30/h7-14H,5-6,28H2,1-4H3,(H,31,40)(H,33,41)(H,34,42)(H,35,43)(H4,29,30,32). The second-order valence-corrected chi connectivity index (χ2v) is 9.87. The summed E-state index contributed by atoms with van der Waals surface area (Å²) in [7, 11) is 6.72.